The number of Topliss-reactive ketones (excluding diaryl/α,β-unsaturated/α-hetero) is 1. The van der Waals surface area contributed by atoms with E-state index in [1.807, 2.05) is 49.4 Å². The quantitative estimate of drug-likeness (QED) is 0.453. The number of ketones is 1. The fraction of sp³-hybridized carbons (Fsp3) is 0.227. The lowest BCUT2D eigenvalue weighted by atomic mass is 10.1. The fourth-order valence-electron chi connectivity index (χ4n) is 3.54. The van der Waals surface area contributed by atoms with Crippen LogP contribution in [0.4, 0.5) is 0 Å². The van der Waals surface area contributed by atoms with Crippen LogP contribution in [0.25, 0.3) is 16.6 Å². The zero-order valence-corrected chi connectivity index (χ0v) is 16.7. The number of ether oxygens (including phenoxy) is 2. The van der Waals surface area contributed by atoms with Gasteiger partial charge in [0.2, 0.25) is 5.89 Å². The Morgan fingerprint density at radius 2 is 1.79 bits per heavy atom. The molecular formula is C22H21N3O4. The van der Waals surface area contributed by atoms with Gasteiger partial charge in [-0.1, -0.05) is 0 Å². The van der Waals surface area contributed by atoms with Crippen LogP contribution in [0, 0.1) is 13.8 Å². The molecule has 7 heteroatoms. The van der Waals surface area contributed by atoms with Gasteiger partial charge in [-0.3, -0.25) is 4.79 Å². The molecule has 2 aromatic heterocycles. The maximum atomic E-state index is 12.4. The highest BCUT2D eigenvalue weighted by Crippen LogP contribution is 2.33. The number of hydrogen-bond donors (Lipinski definition) is 0. The van der Waals surface area contributed by atoms with Gasteiger partial charge in [0, 0.05) is 29.3 Å². The van der Waals surface area contributed by atoms with E-state index in [9.17, 15) is 4.79 Å². The van der Waals surface area contributed by atoms with Crippen LogP contribution in [0.2, 0.25) is 0 Å². The minimum Gasteiger partial charge on any atom is -0.497 e. The minimum atomic E-state index is 0.00411. The number of hydrogen-bond acceptors (Lipinski definition) is 6. The minimum absolute atomic E-state index is 0.00411. The van der Waals surface area contributed by atoms with Gasteiger partial charge in [-0.2, -0.15) is 0 Å². The van der Waals surface area contributed by atoms with Gasteiger partial charge in [0.1, 0.15) is 11.5 Å². The van der Waals surface area contributed by atoms with Crippen molar-refractivity contribution in [1.82, 2.24) is 14.8 Å². The smallest absolute Gasteiger partial charge is 0.253 e. The largest absolute Gasteiger partial charge is 0.497 e. The average molecular weight is 391 g/mol. The Balaban J connectivity index is 1.77. The Morgan fingerprint density at radius 3 is 2.41 bits per heavy atom. The van der Waals surface area contributed by atoms with E-state index in [-0.39, 0.29) is 12.4 Å². The average Bonchev–Trinajstić information content (AvgIpc) is 3.26. The monoisotopic (exact) mass is 391 g/mol. The van der Waals surface area contributed by atoms with E-state index in [4.69, 9.17) is 13.9 Å². The van der Waals surface area contributed by atoms with Gasteiger partial charge in [-0.15, -0.1) is 10.2 Å². The summed E-state index contributed by atoms with van der Waals surface area (Å²) >= 11 is 0. The Bertz CT molecular complexity index is 1190. The van der Waals surface area contributed by atoms with Gasteiger partial charge in [0.15, 0.2) is 12.4 Å². The predicted molar refractivity (Wildman–Crippen MR) is 108 cm³/mol. The Hall–Kier alpha value is -3.61. The molecule has 0 amide bonds. The molecule has 0 aliphatic carbocycles. The molecule has 29 heavy (non-hydrogen) atoms. The summed E-state index contributed by atoms with van der Waals surface area (Å²) in [4.78, 5) is 12.4. The lowest BCUT2D eigenvalue weighted by molar-refractivity contribution is 0.101. The molecule has 2 heterocycles. The van der Waals surface area contributed by atoms with Gasteiger partial charge < -0.3 is 18.5 Å². The number of rotatable bonds is 6. The second-order valence-electron chi connectivity index (χ2n) is 6.73. The van der Waals surface area contributed by atoms with Crippen molar-refractivity contribution < 1.29 is 18.7 Å². The highest BCUT2D eigenvalue weighted by atomic mass is 16.5. The van der Waals surface area contributed by atoms with Gasteiger partial charge in [0.05, 0.1) is 12.6 Å². The van der Waals surface area contributed by atoms with E-state index in [2.05, 4.69) is 14.8 Å². The van der Waals surface area contributed by atoms with E-state index in [0.29, 0.717) is 23.1 Å². The number of aromatic nitrogens is 3. The van der Waals surface area contributed by atoms with E-state index < -0.39 is 0 Å². The summed E-state index contributed by atoms with van der Waals surface area (Å²) in [5.41, 5.74) is 3.44. The summed E-state index contributed by atoms with van der Waals surface area (Å²) in [5.74, 6) is 2.31. The molecule has 0 saturated heterocycles. The molecule has 0 aliphatic heterocycles. The first kappa shape index (κ1) is 18.7. The van der Waals surface area contributed by atoms with Crippen molar-refractivity contribution in [1.29, 1.82) is 0 Å². The van der Waals surface area contributed by atoms with Crippen molar-refractivity contribution in [2.45, 2.75) is 27.4 Å². The zero-order chi connectivity index (χ0) is 20.5. The molecule has 4 rings (SSSR count). The van der Waals surface area contributed by atoms with Crippen molar-refractivity contribution in [3.8, 4) is 17.2 Å². The SMILES string of the molecule is COc1ccc(-n2c(C)c(C(C)=O)c3cc(OCc4nnc(C)o4)ccc32)cc1. The number of carbonyl (C=O) groups excluding carboxylic acids is 1. The summed E-state index contributed by atoms with van der Waals surface area (Å²) < 4.78 is 18.5. The lowest BCUT2D eigenvalue weighted by Gasteiger charge is -2.10. The van der Waals surface area contributed by atoms with Gasteiger partial charge >= 0.3 is 0 Å². The number of methoxy groups -OCH3 is 1. The summed E-state index contributed by atoms with van der Waals surface area (Å²) in [7, 11) is 1.64. The number of nitrogens with zero attached hydrogens (tertiary/aromatic N) is 3. The molecule has 0 saturated carbocycles. The van der Waals surface area contributed by atoms with Crippen LogP contribution in [0.15, 0.2) is 46.9 Å². The number of fused-ring (bicyclic) bond motifs is 1. The molecule has 0 radical (unpaired) electrons. The van der Waals surface area contributed by atoms with Crippen LogP contribution in [0.1, 0.15) is 34.8 Å². The summed E-state index contributed by atoms with van der Waals surface area (Å²) in [6.45, 7) is 5.42. The topological polar surface area (TPSA) is 79.4 Å². The second kappa shape index (κ2) is 7.43. The Morgan fingerprint density at radius 1 is 1.07 bits per heavy atom. The van der Waals surface area contributed by atoms with Gasteiger partial charge in [0.25, 0.3) is 5.89 Å². The Kier molecular flexibility index (Phi) is 4.80. The first-order valence-electron chi connectivity index (χ1n) is 9.20. The van der Waals surface area contributed by atoms with Crippen LogP contribution < -0.4 is 9.47 Å². The third kappa shape index (κ3) is 3.47. The third-order valence-corrected chi connectivity index (χ3v) is 4.79. The summed E-state index contributed by atoms with van der Waals surface area (Å²) in [6.07, 6.45) is 0. The first-order chi connectivity index (χ1) is 14.0. The van der Waals surface area contributed by atoms with Crippen molar-refractivity contribution in [3.05, 3.63) is 65.5 Å². The summed E-state index contributed by atoms with van der Waals surface area (Å²) in [6, 6.07) is 13.4. The summed E-state index contributed by atoms with van der Waals surface area (Å²) in [5, 5.41) is 8.56. The fourth-order valence-corrected chi connectivity index (χ4v) is 3.54. The molecule has 2 aromatic carbocycles. The maximum Gasteiger partial charge on any atom is 0.253 e. The highest BCUT2D eigenvalue weighted by Gasteiger charge is 2.19. The number of aryl methyl sites for hydroxylation is 1. The lowest BCUT2D eigenvalue weighted by Crippen LogP contribution is -1.99. The van der Waals surface area contributed by atoms with Crippen LogP contribution in [-0.2, 0) is 6.61 Å². The Labute approximate surface area is 167 Å². The van der Waals surface area contributed by atoms with Crippen LogP contribution in [-0.4, -0.2) is 27.7 Å². The molecule has 7 nitrogen and oxygen atoms in total. The molecule has 0 aliphatic rings. The van der Waals surface area contributed by atoms with Crippen molar-refractivity contribution in [2.24, 2.45) is 0 Å². The van der Waals surface area contributed by atoms with Crippen molar-refractivity contribution in [2.75, 3.05) is 7.11 Å². The van der Waals surface area contributed by atoms with Crippen LogP contribution in [0.3, 0.4) is 0 Å². The van der Waals surface area contributed by atoms with Crippen molar-refractivity contribution in [3.63, 3.8) is 0 Å². The van der Waals surface area contributed by atoms with E-state index in [1.165, 1.54) is 0 Å². The molecule has 148 valence electrons. The number of benzene rings is 2. The molecule has 0 spiro atoms. The molecule has 0 fully saturated rings. The predicted octanol–water partition coefficient (Wildman–Crippen LogP) is 4.42. The second-order valence-corrected chi connectivity index (χ2v) is 6.73. The molecule has 0 bridgehead atoms. The zero-order valence-electron chi connectivity index (χ0n) is 16.7. The molecule has 0 unspecified atom stereocenters. The van der Waals surface area contributed by atoms with Crippen molar-refractivity contribution >= 4 is 16.7 Å². The normalized spacial score (nSPS) is 11.0. The van der Waals surface area contributed by atoms with E-state index in [0.717, 1.165) is 28.0 Å². The van der Waals surface area contributed by atoms with E-state index in [1.54, 1.807) is 21.0 Å². The van der Waals surface area contributed by atoms with Crippen LogP contribution >= 0.6 is 0 Å². The first-order valence-corrected chi connectivity index (χ1v) is 9.20. The molecule has 4 aromatic rings. The number of carbonyl (C=O) groups is 1. The van der Waals surface area contributed by atoms with Gasteiger partial charge in [-0.25, -0.2) is 0 Å². The molecular weight excluding hydrogens is 370 g/mol. The molecule has 0 N–H and O–H groups in total. The molecule has 0 atom stereocenters. The third-order valence-electron chi connectivity index (χ3n) is 4.79. The van der Waals surface area contributed by atoms with Crippen LogP contribution in [0.5, 0.6) is 11.5 Å². The highest BCUT2D eigenvalue weighted by molar-refractivity contribution is 6.09. The standard InChI is InChI=1S/C22H21N3O4/c1-13-22(14(2)26)19-11-18(28-12-21-24-23-15(3)29-21)9-10-20(19)25(13)16-5-7-17(27-4)8-6-16/h5-11H,12H2,1-4H3. The maximum absolute atomic E-state index is 12.4. The van der Waals surface area contributed by atoms with Gasteiger partial charge in [-0.05, 0) is 56.3 Å². The van der Waals surface area contributed by atoms with E-state index >= 15 is 0 Å².